The Balaban J connectivity index is 1.90. The highest BCUT2D eigenvalue weighted by Crippen LogP contribution is 2.24. The first-order chi connectivity index (χ1) is 8.70. The van der Waals surface area contributed by atoms with Gasteiger partial charge in [0.05, 0.1) is 11.0 Å². The van der Waals surface area contributed by atoms with E-state index in [1.807, 2.05) is 24.0 Å². The highest BCUT2D eigenvalue weighted by atomic mass is 79.9. The van der Waals surface area contributed by atoms with Crippen molar-refractivity contribution in [2.45, 2.75) is 32.3 Å². The maximum absolute atomic E-state index is 11.8. The minimum atomic E-state index is 0.0528. The van der Waals surface area contributed by atoms with Crippen LogP contribution in [0.3, 0.4) is 0 Å². The summed E-state index contributed by atoms with van der Waals surface area (Å²) in [6.45, 7) is 3.47. The number of carbonyl (C=O) groups excluding carboxylic acids is 1. The van der Waals surface area contributed by atoms with Gasteiger partial charge in [-0.15, -0.1) is 0 Å². The molecule has 2 rings (SSSR count). The van der Waals surface area contributed by atoms with Crippen molar-refractivity contribution in [1.29, 1.82) is 0 Å². The van der Waals surface area contributed by atoms with Crippen LogP contribution in [0.1, 0.15) is 26.2 Å². The summed E-state index contributed by atoms with van der Waals surface area (Å²) in [5, 5.41) is 0. The Bertz CT molecular complexity index is 425. The van der Waals surface area contributed by atoms with Gasteiger partial charge in [0.2, 0.25) is 11.8 Å². The van der Waals surface area contributed by atoms with Crippen molar-refractivity contribution in [3.8, 4) is 5.88 Å². The largest absolute Gasteiger partial charge is 0.472 e. The van der Waals surface area contributed by atoms with Crippen LogP contribution in [-0.4, -0.2) is 35.0 Å². The molecular formula is C13H17BrN2O2. The molecule has 1 amide bonds. The molecule has 2 heterocycles. The van der Waals surface area contributed by atoms with Crippen LogP contribution in [0.4, 0.5) is 0 Å². The SMILES string of the molecule is CCCC(=O)N1CCC(Oc2ncccc2Br)C1. The van der Waals surface area contributed by atoms with Crippen LogP contribution in [0.2, 0.25) is 0 Å². The number of likely N-dealkylation sites (tertiary alicyclic amines) is 1. The minimum Gasteiger partial charge on any atom is -0.472 e. The third-order valence-corrected chi connectivity index (χ3v) is 3.57. The molecule has 0 bridgehead atoms. The number of rotatable bonds is 4. The van der Waals surface area contributed by atoms with Crippen LogP contribution in [0.5, 0.6) is 5.88 Å². The van der Waals surface area contributed by atoms with E-state index in [0.29, 0.717) is 18.8 Å². The summed E-state index contributed by atoms with van der Waals surface area (Å²) in [4.78, 5) is 17.8. The lowest BCUT2D eigenvalue weighted by Gasteiger charge is -2.16. The van der Waals surface area contributed by atoms with E-state index in [9.17, 15) is 4.79 Å². The molecule has 1 aromatic rings. The van der Waals surface area contributed by atoms with Crippen LogP contribution in [0, 0.1) is 0 Å². The molecular weight excluding hydrogens is 296 g/mol. The summed E-state index contributed by atoms with van der Waals surface area (Å²) in [6, 6.07) is 3.75. The van der Waals surface area contributed by atoms with Gasteiger partial charge in [-0.2, -0.15) is 0 Å². The number of nitrogens with zero attached hydrogens (tertiary/aromatic N) is 2. The van der Waals surface area contributed by atoms with Gasteiger partial charge in [-0.3, -0.25) is 4.79 Å². The van der Waals surface area contributed by atoms with E-state index in [1.165, 1.54) is 0 Å². The summed E-state index contributed by atoms with van der Waals surface area (Å²) in [5.74, 6) is 0.830. The summed E-state index contributed by atoms with van der Waals surface area (Å²) in [6.07, 6.45) is 4.15. The van der Waals surface area contributed by atoms with Gasteiger partial charge < -0.3 is 9.64 Å². The van der Waals surface area contributed by atoms with Gasteiger partial charge in [0, 0.05) is 25.6 Å². The number of hydrogen-bond donors (Lipinski definition) is 0. The lowest BCUT2D eigenvalue weighted by atomic mass is 10.3. The standard InChI is InChI=1S/C13H17BrN2O2/c1-2-4-12(17)16-8-6-10(9-16)18-13-11(14)5-3-7-15-13/h3,5,7,10H,2,4,6,8-9H2,1H3. The fourth-order valence-corrected chi connectivity index (χ4v) is 2.39. The Morgan fingerprint density at radius 2 is 2.50 bits per heavy atom. The summed E-state index contributed by atoms with van der Waals surface area (Å²) in [7, 11) is 0. The molecule has 0 N–H and O–H groups in total. The van der Waals surface area contributed by atoms with Crippen molar-refractivity contribution in [1.82, 2.24) is 9.88 Å². The highest BCUT2D eigenvalue weighted by molar-refractivity contribution is 9.10. The van der Waals surface area contributed by atoms with Crippen LogP contribution >= 0.6 is 15.9 Å². The van der Waals surface area contributed by atoms with Gasteiger partial charge >= 0.3 is 0 Å². The summed E-state index contributed by atoms with van der Waals surface area (Å²) < 4.78 is 6.66. The van der Waals surface area contributed by atoms with E-state index >= 15 is 0 Å². The maximum Gasteiger partial charge on any atom is 0.228 e. The summed E-state index contributed by atoms with van der Waals surface area (Å²) in [5.41, 5.74) is 0. The fourth-order valence-electron chi connectivity index (χ4n) is 2.04. The quantitative estimate of drug-likeness (QED) is 0.858. The van der Waals surface area contributed by atoms with Crippen molar-refractivity contribution in [2.24, 2.45) is 0 Å². The molecule has 1 aliphatic rings. The molecule has 0 spiro atoms. The minimum absolute atomic E-state index is 0.0528. The fraction of sp³-hybridized carbons (Fsp3) is 0.538. The zero-order valence-electron chi connectivity index (χ0n) is 10.4. The van der Waals surface area contributed by atoms with Crippen molar-refractivity contribution in [3.63, 3.8) is 0 Å². The third kappa shape index (κ3) is 3.22. The van der Waals surface area contributed by atoms with Crippen LogP contribution < -0.4 is 4.74 Å². The molecule has 1 atom stereocenters. The predicted molar refractivity (Wildman–Crippen MR) is 72.5 cm³/mol. The lowest BCUT2D eigenvalue weighted by Crippen LogP contribution is -2.30. The molecule has 0 aromatic carbocycles. The Morgan fingerprint density at radius 1 is 1.67 bits per heavy atom. The smallest absolute Gasteiger partial charge is 0.228 e. The average molecular weight is 313 g/mol. The molecule has 0 radical (unpaired) electrons. The molecule has 1 unspecified atom stereocenters. The van der Waals surface area contributed by atoms with Crippen LogP contribution in [0.25, 0.3) is 0 Å². The second kappa shape index (κ2) is 6.18. The molecule has 1 aromatic heterocycles. The Hall–Kier alpha value is -1.10. The molecule has 0 aliphatic carbocycles. The number of amides is 1. The number of ether oxygens (including phenoxy) is 1. The van der Waals surface area contributed by atoms with Gasteiger partial charge in [0.1, 0.15) is 6.10 Å². The number of aromatic nitrogens is 1. The first-order valence-corrected chi connectivity index (χ1v) is 7.05. The number of hydrogen-bond acceptors (Lipinski definition) is 3. The van der Waals surface area contributed by atoms with Gasteiger partial charge in [0.25, 0.3) is 0 Å². The van der Waals surface area contributed by atoms with E-state index in [-0.39, 0.29) is 12.0 Å². The number of halogens is 1. The van der Waals surface area contributed by atoms with E-state index in [0.717, 1.165) is 23.9 Å². The Morgan fingerprint density at radius 3 is 3.22 bits per heavy atom. The Kier molecular flexibility index (Phi) is 4.58. The zero-order chi connectivity index (χ0) is 13.0. The molecule has 18 heavy (non-hydrogen) atoms. The summed E-state index contributed by atoms with van der Waals surface area (Å²) >= 11 is 3.40. The molecule has 0 saturated carbocycles. The second-order valence-corrected chi connectivity index (χ2v) is 5.26. The monoisotopic (exact) mass is 312 g/mol. The highest BCUT2D eigenvalue weighted by Gasteiger charge is 2.27. The molecule has 1 fully saturated rings. The van der Waals surface area contributed by atoms with Crippen molar-refractivity contribution in [3.05, 3.63) is 22.8 Å². The van der Waals surface area contributed by atoms with Crippen molar-refractivity contribution in [2.75, 3.05) is 13.1 Å². The van der Waals surface area contributed by atoms with Crippen molar-refractivity contribution < 1.29 is 9.53 Å². The normalized spacial score (nSPS) is 19.0. The maximum atomic E-state index is 11.8. The first kappa shape index (κ1) is 13.3. The predicted octanol–water partition coefficient (Wildman–Crippen LogP) is 2.62. The Labute approximate surface area is 115 Å². The van der Waals surface area contributed by atoms with E-state index in [4.69, 9.17) is 4.74 Å². The van der Waals surface area contributed by atoms with Crippen LogP contribution in [0.15, 0.2) is 22.8 Å². The molecule has 4 nitrogen and oxygen atoms in total. The van der Waals surface area contributed by atoms with Gasteiger partial charge in [-0.25, -0.2) is 4.98 Å². The van der Waals surface area contributed by atoms with Gasteiger partial charge in [0.15, 0.2) is 0 Å². The average Bonchev–Trinajstić information content (AvgIpc) is 2.81. The topological polar surface area (TPSA) is 42.4 Å². The zero-order valence-corrected chi connectivity index (χ0v) is 12.0. The molecule has 1 aliphatic heterocycles. The van der Waals surface area contributed by atoms with E-state index < -0.39 is 0 Å². The number of pyridine rings is 1. The van der Waals surface area contributed by atoms with E-state index in [1.54, 1.807) is 6.20 Å². The van der Waals surface area contributed by atoms with Crippen LogP contribution in [-0.2, 0) is 4.79 Å². The lowest BCUT2D eigenvalue weighted by molar-refractivity contribution is -0.130. The first-order valence-electron chi connectivity index (χ1n) is 6.25. The second-order valence-electron chi connectivity index (χ2n) is 4.41. The van der Waals surface area contributed by atoms with Gasteiger partial charge in [-0.1, -0.05) is 6.92 Å². The molecule has 1 saturated heterocycles. The number of carbonyl (C=O) groups is 1. The molecule has 5 heteroatoms. The van der Waals surface area contributed by atoms with Gasteiger partial charge in [-0.05, 0) is 34.5 Å². The van der Waals surface area contributed by atoms with E-state index in [2.05, 4.69) is 20.9 Å². The van der Waals surface area contributed by atoms with Crippen molar-refractivity contribution >= 4 is 21.8 Å². The third-order valence-electron chi connectivity index (χ3n) is 2.96. The molecule has 98 valence electrons.